The van der Waals surface area contributed by atoms with E-state index in [4.69, 9.17) is 0 Å². The van der Waals surface area contributed by atoms with Crippen molar-refractivity contribution in [2.45, 2.75) is 13.0 Å². The summed E-state index contributed by atoms with van der Waals surface area (Å²) in [7, 11) is 0. The van der Waals surface area contributed by atoms with Gasteiger partial charge in [-0.25, -0.2) is 9.97 Å². The van der Waals surface area contributed by atoms with E-state index in [2.05, 4.69) is 48.0 Å². The fraction of sp³-hybridized carbons (Fsp3) is 0.421. The predicted octanol–water partition coefficient (Wildman–Crippen LogP) is 1.44. The van der Waals surface area contributed by atoms with E-state index < -0.39 is 0 Å². The summed E-state index contributed by atoms with van der Waals surface area (Å²) in [6.45, 7) is 8.45. The smallest absolute Gasteiger partial charge is 0.157 e. The van der Waals surface area contributed by atoms with Gasteiger partial charge in [0.25, 0.3) is 0 Å². The predicted molar refractivity (Wildman–Crippen MR) is 102 cm³/mol. The van der Waals surface area contributed by atoms with Gasteiger partial charge >= 0.3 is 0 Å². The maximum absolute atomic E-state index is 4.54. The van der Waals surface area contributed by atoms with Crippen molar-refractivity contribution in [3.8, 4) is 0 Å². The van der Waals surface area contributed by atoms with Gasteiger partial charge in [0.05, 0.1) is 6.20 Å². The van der Waals surface area contributed by atoms with Crippen molar-refractivity contribution >= 4 is 17.3 Å². The van der Waals surface area contributed by atoms with Crippen LogP contribution in [0.3, 0.4) is 0 Å². The summed E-state index contributed by atoms with van der Waals surface area (Å²) >= 11 is 0. The van der Waals surface area contributed by atoms with E-state index in [0.717, 1.165) is 62.2 Å². The maximum atomic E-state index is 4.54. The number of rotatable bonds is 3. The molecule has 0 amide bonds. The van der Waals surface area contributed by atoms with Gasteiger partial charge in [-0.05, 0) is 19.1 Å². The van der Waals surface area contributed by atoms with Crippen LogP contribution in [0.2, 0.25) is 0 Å². The quantitative estimate of drug-likeness (QED) is 0.713. The van der Waals surface area contributed by atoms with E-state index in [-0.39, 0.29) is 0 Å². The largest absolute Gasteiger partial charge is 0.354 e. The monoisotopic (exact) mass is 349 g/mol. The molecule has 2 saturated heterocycles. The molecule has 0 aromatic carbocycles. The van der Waals surface area contributed by atoms with Gasteiger partial charge in [-0.1, -0.05) is 6.07 Å². The number of hydrogen-bond donors (Lipinski definition) is 0. The summed E-state index contributed by atoms with van der Waals surface area (Å²) in [4.78, 5) is 16.4. The standard InChI is InChI=1S/C19H23N7/c1-15-12-19(26-18(22-15)5-7-21-26)25-13-16(14-25)23-8-10-24(11-9-23)17-4-2-3-6-20-17/h2-7,12,16H,8-11,13-14H2,1H3. The molecule has 0 N–H and O–H groups in total. The summed E-state index contributed by atoms with van der Waals surface area (Å²) in [5, 5.41) is 4.43. The molecule has 3 aromatic rings. The van der Waals surface area contributed by atoms with Gasteiger partial charge in [0.2, 0.25) is 0 Å². The molecule has 2 fully saturated rings. The van der Waals surface area contributed by atoms with Gasteiger partial charge in [-0.15, -0.1) is 0 Å². The van der Waals surface area contributed by atoms with Crippen LogP contribution in [0.15, 0.2) is 42.7 Å². The lowest BCUT2D eigenvalue weighted by molar-refractivity contribution is 0.156. The summed E-state index contributed by atoms with van der Waals surface area (Å²) in [6.07, 6.45) is 3.69. The van der Waals surface area contributed by atoms with Gasteiger partial charge in [0, 0.05) is 69.3 Å². The molecule has 0 bridgehead atoms. The van der Waals surface area contributed by atoms with Crippen LogP contribution < -0.4 is 9.80 Å². The number of fused-ring (bicyclic) bond motifs is 1. The zero-order valence-electron chi connectivity index (χ0n) is 15.0. The third-order valence-electron chi connectivity index (χ3n) is 5.46. The highest BCUT2D eigenvalue weighted by molar-refractivity contribution is 5.52. The Morgan fingerprint density at radius 3 is 2.58 bits per heavy atom. The lowest BCUT2D eigenvalue weighted by Gasteiger charge is -2.49. The van der Waals surface area contributed by atoms with Crippen molar-refractivity contribution in [1.29, 1.82) is 0 Å². The van der Waals surface area contributed by atoms with E-state index >= 15 is 0 Å². The maximum Gasteiger partial charge on any atom is 0.157 e. The van der Waals surface area contributed by atoms with Gasteiger partial charge in [0.1, 0.15) is 11.6 Å². The Hall–Kier alpha value is -2.67. The third kappa shape index (κ3) is 2.68. The average Bonchev–Trinajstić information content (AvgIpc) is 3.10. The number of hydrogen-bond acceptors (Lipinski definition) is 6. The van der Waals surface area contributed by atoms with Gasteiger partial charge in [-0.3, -0.25) is 4.90 Å². The zero-order valence-corrected chi connectivity index (χ0v) is 15.0. The van der Waals surface area contributed by atoms with Crippen LogP contribution in [0.1, 0.15) is 5.69 Å². The van der Waals surface area contributed by atoms with Crippen molar-refractivity contribution < 1.29 is 0 Å². The molecule has 0 saturated carbocycles. The van der Waals surface area contributed by atoms with Gasteiger partial charge < -0.3 is 9.80 Å². The van der Waals surface area contributed by atoms with Crippen molar-refractivity contribution in [2.75, 3.05) is 49.1 Å². The lowest BCUT2D eigenvalue weighted by atomic mass is 10.1. The minimum absolute atomic E-state index is 0.625. The van der Waals surface area contributed by atoms with Gasteiger partial charge in [0.15, 0.2) is 5.65 Å². The molecule has 0 aliphatic carbocycles. The minimum atomic E-state index is 0.625. The number of piperazine rings is 1. The third-order valence-corrected chi connectivity index (χ3v) is 5.46. The van der Waals surface area contributed by atoms with Crippen molar-refractivity contribution in [2.24, 2.45) is 0 Å². The Balaban J connectivity index is 1.22. The molecule has 0 spiro atoms. The van der Waals surface area contributed by atoms with Gasteiger partial charge in [-0.2, -0.15) is 9.61 Å². The topological polar surface area (TPSA) is 52.8 Å². The molecule has 0 unspecified atom stereocenters. The fourth-order valence-corrected chi connectivity index (χ4v) is 3.97. The number of nitrogens with zero attached hydrogens (tertiary/aromatic N) is 7. The summed E-state index contributed by atoms with van der Waals surface area (Å²) < 4.78 is 1.95. The van der Waals surface area contributed by atoms with E-state index in [0.29, 0.717) is 6.04 Å². The number of anilines is 2. The molecule has 3 aromatic heterocycles. The highest BCUT2D eigenvalue weighted by Crippen LogP contribution is 2.26. The minimum Gasteiger partial charge on any atom is -0.354 e. The summed E-state index contributed by atoms with van der Waals surface area (Å²) in [6, 6.07) is 10.9. The first-order valence-electron chi connectivity index (χ1n) is 9.24. The molecular formula is C19H23N7. The van der Waals surface area contributed by atoms with Crippen LogP contribution in [0.4, 0.5) is 11.6 Å². The molecule has 5 heterocycles. The van der Waals surface area contributed by atoms with Crippen LogP contribution in [0.5, 0.6) is 0 Å². The summed E-state index contributed by atoms with van der Waals surface area (Å²) in [5.41, 5.74) is 1.97. The van der Waals surface area contributed by atoms with E-state index in [1.165, 1.54) is 0 Å². The van der Waals surface area contributed by atoms with Crippen molar-refractivity contribution in [1.82, 2.24) is 24.5 Å². The fourth-order valence-electron chi connectivity index (χ4n) is 3.97. The van der Waals surface area contributed by atoms with Crippen LogP contribution in [-0.2, 0) is 0 Å². The highest BCUT2D eigenvalue weighted by Gasteiger charge is 2.35. The highest BCUT2D eigenvalue weighted by atomic mass is 15.4. The first kappa shape index (κ1) is 15.6. The van der Waals surface area contributed by atoms with E-state index in [1.807, 2.05) is 36.0 Å². The van der Waals surface area contributed by atoms with Crippen molar-refractivity contribution in [3.63, 3.8) is 0 Å². The molecule has 134 valence electrons. The Bertz CT molecular complexity index is 893. The Labute approximate surface area is 152 Å². The second-order valence-corrected chi connectivity index (χ2v) is 7.13. The molecule has 7 nitrogen and oxygen atoms in total. The molecule has 26 heavy (non-hydrogen) atoms. The van der Waals surface area contributed by atoms with Crippen LogP contribution in [0.25, 0.3) is 5.65 Å². The molecule has 5 rings (SSSR count). The molecule has 2 aliphatic heterocycles. The summed E-state index contributed by atoms with van der Waals surface area (Å²) in [5.74, 6) is 2.25. The van der Waals surface area contributed by atoms with Crippen molar-refractivity contribution in [3.05, 3.63) is 48.4 Å². The normalized spacial score (nSPS) is 19.1. The first-order chi connectivity index (χ1) is 12.8. The molecule has 2 aliphatic rings. The van der Waals surface area contributed by atoms with E-state index in [1.54, 1.807) is 0 Å². The lowest BCUT2D eigenvalue weighted by Crippen LogP contribution is -2.63. The Kier molecular flexibility index (Phi) is 3.74. The van der Waals surface area contributed by atoms with Crippen LogP contribution in [0, 0.1) is 6.92 Å². The van der Waals surface area contributed by atoms with Crippen LogP contribution >= 0.6 is 0 Å². The molecule has 7 heteroatoms. The van der Waals surface area contributed by atoms with E-state index in [9.17, 15) is 0 Å². The SMILES string of the molecule is Cc1cc(N2CC(N3CCN(c4ccccn4)CC3)C2)n2nccc2n1. The second-order valence-electron chi connectivity index (χ2n) is 7.13. The number of pyridine rings is 1. The molecule has 0 radical (unpaired) electrons. The average molecular weight is 349 g/mol. The number of aromatic nitrogens is 4. The second kappa shape index (κ2) is 6.25. The Morgan fingerprint density at radius 2 is 1.81 bits per heavy atom. The zero-order chi connectivity index (χ0) is 17.5. The molecule has 0 atom stereocenters. The van der Waals surface area contributed by atoms with Crippen LogP contribution in [-0.4, -0.2) is 69.8 Å². The Morgan fingerprint density at radius 1 is 0.962 bits per heavy atom. The number of aryl methyl sites for hydroxylation is 1. The first-order valence-corrected chi connectivity index (χ1v) is 9.24. The molecular weight excluding hydrogens is 326 g/mol.